The lowest BCUT2D eigenvalue weighted by atomic mass is 10.1. The van der Waals surface area contributed by atoms with E-state index in [1.165, 1.54) is 0 Å². The molecule has 0 heterocycles. The molecule has 0 spiro atoms. The Morgan fingerprint density at radius 1 is 1.39 bits per heavy atom. The number of rotatable bonds is 6. The Kier molecular flexibility index (Phi) is 5.65. The van der Waals surface area contributed by atoms with Crippen molar-refractivity contribution in [3.8, 4) is 0 Å². The topological polar surface area (TPSA) is 66.4 Å². The van der Waals surface area contributed by atoms with Crippen LogP contribution in [-0.2, 0) is 4.79 Å². The first kappa shape index (κ1) is 14.5. The van der Waals surface area contributed by atoms with E-state index in [4.69, 9.17) is 16.7 Å². The molecule has 0 aromatic heterocycles. The van der Waals surface area contributed by atoms with Crippen LogP contribution in [0, 0.1) is 5.92 Å². The van der Waals surface area contributed by atoms with Crippen LogP contribution in [-0.4, -0.2) is 23.5 Å². The summed E-state index contributed by atoms with van der Waals surface area (Å²) in [6.45, 7) is 2.10. The standard InChI is InChI=1S/C13H16ClNO3/c1-9(13(17)18)5-4-8-15-12(16)10-6-2-3-7-11(10)14/h2-3,6-7,9H,4-5,8H2,1H3,(H,15,16)(H,17,18). The molecule has 1 aromatic carbocycles. The summed E-state index contributed by atoms with van der Waals surface area (Å²) in [5.41, 5.74) is 0.436. The molecule has 4 nitrogen and oxygen atoms in total. The Balaban J connectivity index is 2.34. The fourth-order valence-corrected chi connectivity index (χ4v) is 1.70. The average Bonchev–Trinajstić information content (AvgIpc) is 2.34. The van der Waals surface area contributed by atoms with Crippen LogP contribution in [0.25, 0.3) is 0 Å². The van der Waals surface area contributed by atoms with E-state index in [2.05, 4.69) is 5.32 Å². The largest absolute Gasteiger partial charge is 0.481 e. The number of carbonyl (C=O) groups excluding carboxylic acids is 1. The fourth-order valence-electron chi connectivity index (χ4n) is 1.47. The first-order valence-electron chi connectivity index (χ1n) is 5.78. The highest BCUT2D eigenvalue weighted by atomic mass is 35.5. The van der Waals surface area contributed by atoms with Crippen molar-refractivity contribution < 1.29 is 14.7 Å². The van der Waals surface area contributed by atoms with Crippen LogP contribution in [0.1, 0.15) is 30.1 Å². The quantitative estimate of drug-likeness (QED) is 0.780. The minimum Gasteiger partial charge on any atom is -0.481 e. The summed E-state index contributed by atoms with van der Waals surface area (Å²) < 4.78 is 0. The molecule has 0 bridgehead atoms. The second-order valence-corrected chi connectivity index (χ2v) is 4.52. The number of carboxylic acids is 1. The van der Waals surface area contributed by atoms with Crippen molar-refractivity contribution in [2.45, 2.75) is 19.8 Å². The summed E-state index contributed by atoms with van der Waals surface area (Å²) in [4.78, 5) is 22.3. The molecule has 18 heavy (non-hydrogen) atoms. The zero-order chi connectivity index (χ0) is 13.5. The molecule has 0 saturated heterocycles. The minimum atomic E-state index is -0.813. The number of carbonyl (C=O) groups is 2. The fraction of sp³-hybridized carbons (Fsp3) is 0.385. The summed E-state index contributed by atoms with van der Waals surface area (Å²) in [5, 5.41) is 11.8. The number of nitrogens with one attached hydrogen (secondary N) is 1. The van der Waals surface area contributed by atoms with Crippen molar-refractivity contribution in [2.24, 2.45) is 5.92 Å². The number of amides is 1. The van der Waals surface area contributed by atoms with Crippen LogP contribution < -0.4 is 5.32 Å². The predicted octanol–water partition coefficient (Wildman–Crippen LogP) is 2.57. The van der Waals surface area contributed by atoms with Crippen molar-refractivity contribution in [1.82, 2.24) is 5.32 Å². The molecule has 0 aliphatic carbocycles. The van der Waals surface area contributed by atoms with Gasteiger partial charge in [0.15, 0.2) is 0 Å². The summed E-state index contributed by atoms with van der Waals surface area (Å²) in [6.07, 6.45) is 1.17. The van der Waals surface area contributed by atoms with Gasteiger partial charge in [0, 0.05) is 6.54 Å². The first-order valence-corrected chi connectivity index (χ1v) is 6.15. The Bertz CT molecular complexity index is 434. The Labute approximate surface area is 111 Å². The van der Waals surface area contributed by atoms with E-state index in [1.807, 2.05) is 0 Å². The molecule has 1 unspecified atom stereocenters. The van der Waals surface area contributed by atoms with Gasteiger partial charge in [0.25, 0.3) is 5.91 Å². The van der Waals surface area contributed by atoms with Gasteiger partial charge in [-0.05, 0) is 25.0 Å². The second-order valence-electron chi connectivity index (χ2n) is 4.12. The smallest absolute Gasteiger partial charge is 0.306 e. The summed E-state index contributed by atoms with van der Waals surface area (Å²) in [7, 11) is 0. The van der Waals surface area contributed by atoms with E-state index in [0.29, 0.717) is 30.0 Å². The average molecular weight is 270 g/mol. The van der Waals surface area contributed by atoms with E-state index >= 15 is 0 Å². The minimum absolute atomic E-state index is 0.233. The maximum absolute atomic E-state index is 11.7. The van der Waals surface area contributed by atoms with Gasteiger partial charge in [-0.1, -0.05) is 30.7 Å². The number of benzene rings is 1. The van der Waals surface area contributed by atoms with E-state index in [9.17, 15) is 9.59 Å². The van der Waals surface area contributed by atoms with Gasteiger partial charge in [-0.15, -0.1) is 0 Å². The third-order valence-corrected chi connectivity index (χ3v) is 2.97. The zero-order valence-corrected chi connectivity index (χ0v) is 10.9. The monoisotopic (exact) mass is 269 g/mol. The molecule has 0 aliphatic rings. The molecular formula is C13H16ClNO3. The predicted molar refractivity (Wildman–Crippen MR) is 69.8 cm³/mol. The van der Waals surface area contributed by atoms with Crippen molar-refractivity contribution in [2.75, 3.05) is 6.54 Å². The van der Waals surface area contributed by atoms with Gasteiger partial charge < -0.3 is 10.4 Å². The molecule has 1 amide bonds. The molecule has 2 N–H and O–H groups in total. The molecule has 0 fully saturated rings. The molecule has 0 aliphatic heterocycles. The van der Waals surface area contributed by atoms with Gasteiger partial charge in [0.1, 0.15) is 0 Å². The Morgan fingerprint density at radius 3 is 2.67 bits per heavy atom. The number of hydrogen-bond donors (Lipinski definition) is 2. The van der Waals surface area contributed by atoms with Crippen LogP contribution >= 0.6 is 11.6 Å². The normalized spacial score (nSPS) is 11.9. The van der Waals surface area contributed by atoms with Gasteiger partial charge in [-0.3, -0.25) is 9.59 Å². The van der Waals surface area contributed by atoms with Gasteiger partial charge in [0.2, 0.25) is 0 Å². The van der Waals surface area contributed by atoms with E-state index in [1.54, 1.807) is 31.2 Å². The highest BCUT2D eigenvalue weighted by Gasteiger charge is 2.11. The van der Waals surface area contributed by atoms with E-state index < -0.39 is 5.97 Å². The van der Waals surface area contributed by atoms with Crippen LogP contribution in [0.15, 0.2) is 24.3 Å². The number of aliphatic carboxylic acids is 1. The van der Waals surface area contributed by atoms with Crippen molar-refractivity contribution in [3.05, 3.63) is 34.9 Å². The molecule has 0 saturated carbocycles. The molecule has 5 heteroatoms. The SMILES string of the molecule is CC(CCCNC(=O)c1ccccc1Cl)C(=O)O. The molecular weight excluding hydrogens is 254 g/mol. The Hall–Kier alpha value is -1.55. The van der Waals surface area contributed by atoms with Crippen molar-refractivity contribution in [1.29, 1.82) is 0 Å². The first-order chi connectivity index (χ1) is 8.52. The maximum atomic E-state index is 11.7. The van der Waals surface area contributed by atoms with Crippen molar-refractivity contribution >= 4 is 23.5 Å². The third kappa shape index (κ3) is 4.37. The van der Waals surface area contributed by atoms with Crippen LogP contribution in [0.4, 0.5) is 0 Å². The van der Waals surface area contributed by atoms with E-state index in [-0.39, 0.29) is 11.8 Å². The van der Waals surface area contributed by atoms with Crippen LogP contribution in [0.3, 0.4) is 0 Å². The van der Waals surface area contributed by atoms with Gasteiger partial charge >= 0.3 is 5.97 Å². The Morgan fingerprint density at radius 2 is 2.06 bits per heavy atom. The van der Waals surface area contributed by atoms with Crippen LogP contribution in [0.5, 0.6) is 0 Å². The zero-order valence-electron chi connectivity index (χ0n) is 10.1. The van der Waals surface area contributed by atoms with Crippen LogP contribution in [0.2, 0.25) is 5.02 Å². The second kappa shape index (κ2) is 7.01. The highest BCUT2D eigenvalue weighted by molar-refractivity contribution is 6.33. The third-order valence-electron chi connectivity index (χ3n) is 2.64. The lowest BCUT2D eigenvalue weighted by Gasteiger charge is -2.08. The lowest BCUT2D eigenvalue weighted by Crippen LogP contribution is -2.25. The van der Waals surface area contributed by atoms with Gasteiger partial charge in [-0.25, -0.2) is 0 Å². The summed E-state index contributed by atoms with van der Waals surface area (Å²) in [5.74, 6) is -1.43. The number of halogens is 1. The van der Waals surface area contributed by atoms with Gasteiger partial charge in [0.05, 0.1) is 16.5 Å². The maximum Gasteiger partial charge on any atom is 0.306 e. The summed E-state index contributed by atoms with van der Waals surface area (Å²) in [6, 6.07) is 6.81. The van der Waals surface area contributed by atoms with Gasteiger partial charge in [-0.2, -0.15) is 0 Å². The molecule has 0 radical (unpaired) electrons. The molecule has 1 aromatic rings. The number of carboxylic acid groups (broad SMARTS) is 1. The van der Waals surface area contributed by atoms with E-state index in [0.717, 1.165) is 0 Å². The van der Waals surface area contributed by atoms with Crippen molar-refractivity contribution in [3.63, 3.8) is 0 Å². The highest BCUT2D eigenvalue weighted by Crippen LogP contribution is 2.14. The molecule has 98 valence electrons. The molecule has 1 atom stereocenters. The molecule has 1 rings (SSSR count). The lowest BCUT2D eigenvalue weighted by molar-refractivity contribution is -0.141. The summed E-state index contributed by atoms with van der Waals surface area (Å²) >= 11 is 5.89. The number of hydrogen-bond acceptors (Lipinski definition) is 2.